The molecule has 0 spiro atoms. The number of halogens is 3. The second-order valence-electron chi connectivity index (χ2n) is 3.75. The van der Waals surface area contributed by atoms with Gasteiger partial charge in [0.1, 0.15) is 17.6 Å². The summed E-state index contributed by atoms with van der Waals surface area (Å²) in [7, 11) is 0. The lowest BCUT2D eigenvalue weighted by Crippen LogP contribution is -2.01. The van der Waals surface area contributed by atoms with Crippen molar-refractivity contribution in [2.24, 2.45) is 0 Å². The summed E-state index contributed by atoms with van der Waals surface area (Å²) < 4.78 is 18.3. The Bertz CT molecular complexity index is 593. The third-order valence-electron chi connectivity index (χ3n) is 2.38. The fraction of sp³-hybridized carbons (Fsp3) is 0.231. The van der Waals surface area contributed by atoms with Gasteiger partial charge in [-0.25, -0.2) is 14.4 Å². The Labute approximate surface area is 120 Å². The lowest BCUT2D eigenvalue weighted by Gasteiger charge is -2.07. The molecule has 0 N–H and O–H groups in total. The summed E-state index contributed by atoms with van der Waals surface area (Å²) in [6.07, 6.45) is 0. The van der Waals surface area contributed by atoms with Crippen LogP contribution in [0.1, 0.15) is 12.7 Å². The summed E-state index contributed by atoms with van der Waals surface area (Å²) in [5.41, 5.74) is 1.14. The van der Waals surface area contributed by atoms with E-state index in [1.807, 2.05) is 6.92 Å². The average Bonchev–Trinajstić information content (AvgIpc) is 2.35. The minimum absolute atomic E-state index is 0.267. The Kier molecular flexibility index (Phi) is 4.69. The Morgan fingerprint density at radius 3 is 2.68 bits per heavy atom. The molecule has 0 radical (unpaired) electrons. The molecule has 2 aromatic rings. The maximum absolute atomic E-state index is 13.0. The van der Waals surface area contributed by atoms with Crippen LogP contribution in [0.5, 0.6) is 0 Å². The number of hydrogen-bond acceptors (Lipinski definition) is 3. The first-order chi connectivity index (χ1) is 9.10. The molecule has 100 valence electrons. The highest BCUT2D eigenvalue weighted by Crippen LogP contribution is 2.28. The van der Waals surface area contributed by atoms with Gasteiger partial charge < -0.3 is 4.74 Å². The van der Waals surface area contributed by atoms with Crippen molar-refractivity contribution in [1.29, 1.82) is 0 Å². The van der Waals surface area contributed by atoms with E-state index >= 15 is 0 Å². The van der Waals surface area contributed by atoms with Crippen LogP contribution in [-0.4, -0.2) is 16.6 Å². The molecule has 0 unspecified atom stereocenters. The lowest BCUT2D eigenvalue weighted by molar-refractivity contribution is 0.128. The number of aromatic nitrogens is 2. The van der Waals surface area contributed by atoms with E-state index in [4.69, 9.17) is 27.9 Å². The van der Waals surface area contributed by atoms with Crippen molar-refractivity contribution in [1.82, 2.24) is 9.97 Å². The van der Waals surface area contributed by atoms with Gasteiger partial charge in [-0.15, -0.1) is 0 Å². The predicted octanol–water partition coefficient (Wildman–Crippen LogP) is 4.13. The quantitative estimate of drug-likeness (QED) is 0.797. The van der Waals surface area contributed by atoms with Gasteiger partial charge in [-0.05, 0) is 25.1 Å². The number of rotatable bonds is 4. The summed E-state index contributed by atoms with van der Waals surface area (Å²) in [6, 6.07) is 5.69. The molecular formula is C13H11Cl2FN2O. The van der Waals surface area contributed by atoms with Crippen LogP contribution in [0.15, 0.2) is 24.3 Å². The summed E-state index contributed by atoms with van der Waals surface area (Å²) in [4.78, 5) is 8.36. The van der Waals surface area contributed by atoms with Crippen LogP contribution in [0.25, 0.3) is 11.3 Å². The van der Waals surface area contributed by atoms with Gasteiger partial charge in [0, 0.05) is 18.2 Å². The molecule has 0 aliphatic carbocycles. The van der Waals surface area contributed by atoms with Crippen molar-refractivity contribution >= 4 is 23.2 Å². The zero-order chi connectivity index (χ0) is 13.8. The van der Waals surface area contributed by atoms with Gasteiger partial charge in [0.2, 0.25) is 0 Å². The molecule has 2 rings (SSSR count). The molecule has 0 bridgehead atoms. The van der Waals surface area contributed by atoms with Crippen LogP contribution in [0.2, 0.25) is 10.2 Å². The second-order valence-corrected chi connectivity index (χ2v) is 4.55. The maximum atomic E-state index is 13.0. The minimum Gasteiger partial charge on any atom is -0.374 e. The summed E-state index contributed by atoms with van der Waals surface area (Å²) in [6.45, 7) is 2.70. The van der Waals surface area contributed by atoms with Gasteiger partial charge in [-0.3, -0.25) is 0 Å². The molecule has 1 aromatic heterocycles. The second kappa shape index (κ2) is 6.28. The van der Waals surface area contributed by atoms with Crippen molar-refractivity contribution in [2.75, 3.05) is 6.61 Å². The molecule has 6 heteroatoms. The number of benzene rings is 1. The third-order valence-corrected chi connectivity index (χ3v) is 2.89. The first kappa shape index (κ1) is 14.2. The van der Waals surface area contributed by atoms with Crippen LogP contribution in [0, 0.1) is 5.82 Å². The Morgan fingerprint density at radius 1 is 1.21 bits per heavy atom. The summed E-state index contributed by atoms with van der Waals surface area (Å²) >= 11 is 11.9. The van der Waals surface area contributed by atoms with Gasteiger partial charge in [0.15, 0.2) is 5.82 Å². The van der Waals surface area contributed by atoms with Gasteiger partial charge >= 0.3 is 0 Å². The monoisotopic (exact) mass is 300 g/mol. The molecule has 0 saturated heterocycles. The van der Waals surface area contributed by atoms with Gasteiger partial charge in [0.25, 0.3) is 0 Å². The SMILES string of the molecule is CCOCc1nc(Cl)cc(-c2ccc(F)cc2Cl)n1. The lowest BCUT2D eigenvalue weighted by atomic mass is 10.1. The zero-order valence-corrected chi connectivity index (χ0v) is 11.7. The topological polar surface area (TPSA) is 35.0 Å². The van der Waals surface area contributed by atoms with E-state index in [0.717, 1.165) is 0 Å². The molecule has 0 saturated carbocycles. The molecule has 0 fully saturated rings. The van der Waals surface area contributed by atoms with Crippen LogP contribution >= 0.6 is 23.2 Å². The van der Waals surface area contributed by atoms with Crippen molar-refractivity contribution in [3.63, 3.8) is 0 Å². The fourth-order valence-electron chi connectivity index (χ4n) is 1.56. The van der Waals surface area contributed by atoms with Crippen LogP contribution in [-0.2, 0) is 11.3 Å². The number of hydrogen-bond donors (Lipinski definition) is 0. The molecule has 3 nitrogen and oxygen atoms in total. The van der Waals surface area contributed by atoms with E-state index in [0.29, 0.717) is 28.8 Å². The molecule has 1 aromatic carbocycles. The van der Waals surface area contributed by atoms with E-state index in [1.165, 1.54) is 12.1 Å². The van der Waals surface area contributed by atoms with Crippen molar-refractivity contribution in [2.45, 2.75) is 13.5 Å². The number of ether oxygens (including phenoxy) is 1. The normalized spacial score (nSPS) is 10.7. The van der Waals surface area contributed by atoms with E-state index in [9.17, 15) is 4.39 Å². The maximum Gasteiger partial charge on any atom is 0.156 e. The first-order valence-electron chi connectivity index (χ1n) is 5.66. The van der Waals surface area contributed by atoms with Crippen LogP contribution < -0.4 is 0 Å². The number of nitrogens with zero attached hydrogens (tertiary/aromatic N) is 2. The summed E-state index contributed by atoms with van der Waals surface area (Å²) in [5.74, 6) is 0.0631. The van der Waals surface area contributed by atoms with E-state index in [-0.39, 0.29) is 11.6 Å². The molecule has 1 heterocycles. The van der Waals surface area contributed by atoms with Crippen molar-refractivity contribution in [3.05, 3.63) is 46.1 Å². The van der Waals surface area contributed by atoms with Crippen LogP contribution in [0.4, 0.5) is 4.39 Å². The molecule has 0 aliphatic heterocycles. The third kappa shape index (κ3) is 3.62. The molecule has 0 atom stereocenters. The highest BCUT2D eigenvalue weighted by molar-refractivity contribution is 6.33. The Balaban J connectivity index is 2.41. The van der Waals surface area contributed by atoms with Gasteiger partial charge in [-0.2, -0.15) is 0 Å². The Hall–Kier alpha value is -1.23. The first-order valence-corrected chi connectivity index (χ1v) is 6.42. The zero-order valence-electron chi connectivity index (χ0n) is 10.2. The highest BCUT2D eigenvalue weighted by atomic mass is 35.5. The average molecular weight is 301 g/mol. The van der Waals surface area contributed by atoms with Gasteiger partial charge in [-0.1, -0.05) is 23.2 Å². The molecule has 19 heavy (non-hydrogen) atoms. The van der Waals surface area contributed by atoms with Gasteiger partial charge in [0.05, 0.1) is 10.7 Å². The minimum atomic E-state index is -0.400. The van der Waals surface area contributed by atoms with E-state index in [2.05, 4.69) is 9.97 Å². The fourth-order valence-corrected chi connectivity index (χ4v) is 2.02. The van der Waals surface area contributed by atoms with E-state index < -0.39 is 5.82 Å². The standard InChI is InChI=1S/C13H11Cl2FN2O/c1-2-19-7-13-17-11(6-12(15)18-13)9-4-3-8(16)5-10(9)14/h3-6H,2,7H2,1H3. The molecule has 0 aliphatic rings. The van der Waals surface area contributed by atoms with Crippen LogP contribution in [0.3, 0.4) is 0 Å². The van der Waals surface area contributed by atoms with Crippen molar-refractivity contribution < 1.29 is 9.13 Å². The van der Waals surface area contributed by atoms with E-state index in [1.54, 1.807) is 12.1 Å². The Morgan fingerprint density at radius 2 is 2.00 bits per heavy atom. The highest BCUT2D eigenvalue weighted by Gasteiger charge is 2.10. The smallest absolute Gasteiger partial charge is 0.156 e. The molecular weight excluding hydrogens is 290 g/mol. The van der Waals surface area contributed by atoms with Crippen molar-refractivity contribution in [3.8, 4) is 11.3 Å². The predicted molar refractivity (Wildman–Crippen MR) is 72.8 cm³/mol. The molecule has 0 amide bonds. The summed E-state index contributed by atoms with van der Waals surface area (Å²) in [5, 5.41) is 0.567. The largest absolute Gasteiger partial charge is 0.374 e.